The zero-order valence-electron chi connectivity index (χ0n) is 11.8. The van der Waals surface area contributed by atoms with E-state index in [0.717, 1.165) is 22.3 Å². The second-order valence-corrected chi connectivity index (χ2v) is 6.56. The van der Waals surface area contributed by atoms with Crippen molar-refractivity contribution in [2.75, 3.05) is 0 Å². The SMILES string of the molecule is CCc1nn(C)c(CSc2ccc(C)c(C)c2)c1Br. The van der Waals surface area contributed by atoms with Gasteiger partial charge in [-0.1, -0.05) is 13.0 Å². The summed E-state index contributed by atoms with van der Waals surface area (Å²) in [4.78, 5) is 1.31. The molecule has 0 aliphatic heterocycles. The first-order valence-corrected chi connectivity index (χ1v) is 8.21. The van der Waals surface area contributed by atoms with E-state index in [1.165, 1.54) is 21.7 Å². The summed E-state index contributed by atoms with van der Waals surface area (Å²) in [7, 11) is 2.01. The van der Waals surface area contributed by atoms with E-state index in [2.05, 4.69) is 60.0 Å². The van der Waals surface area contributed by atoms with Crippen molar-refractivity contribution in [1.82, 2.24) is 9.78 Å². The van der Waals surface area contributed by atoms with Gasteiger partial charge in [0, 0.05) is 17.7 Å². The molecular formula is C15H19BrN2S. The lowest BCUT2D eigenvalue weighted by Gasteiger charge is -2.06. The van der Waals surface area contributed by atoms with Crippen LogP contribution in [0.2, 0.25) is 0 Å². The van der Waals surface area contributed by atoms with Crippen LogP contribution in [0.5, 0.6) is 0 Å². The lowest BCUT2D eigenvalue weighted by molar-refractivity contribution is 0.719. The molecule has 1 aromatic heterocycles. The summed E-state index contributed by atoms with van der Waals surface area (Å²) < 4.78 is 3.14. The van der Waals surface area contributed by atoms with Crippen molar-refractivity contribution in [2.24, 2.45) is 7.05 Å². The summed E-state index contributed by atoms with van der Waals surface area (Å²) in [5.74, 6) is 0.937. The number of halogens is 1. The summed E-state index contributed by atoms with van der Waals surface area (Å²) in [5, 5.41) is 4.53. The summed E-state index contributed by atoms with van der Waals surface area (Å²) in [6.07, 6.45) is 0.961. The number of aromatic nitrogens is 2. The fourth-order valence-electron chi connectivity index (χ4n) is 1.93. The molecule has 0 saturated heterocycles. The van der Waals surface area contributed by atoms with E-state index in [9.17, 15) is 0 Å². The van der Waals surface area contributed by atoms with Crippen molar-refractivity contribution in [1.29, 1.82) is 0 Å². The van der Waals surface area contributed by atoms with Crippen LogP contribution >= 0.6 is 27.7 Å². The summed E-state index contributed by atoms with van der Waals surface area (Å²) in [5.41, 5.74) is 5.08. The molecule has 102 valence electrons. The van der Waals surface area contributed by atoms with Gasteiger partial charge < -0.3 is 0 Å². The molecule has 0 spiro atoms. The predicted octanol–water partition coefficient (Wildman–Crippen LogP) is 4.65. The number of thioether (sulfide) groups is 1. The number of hydrogen-bond donors (Lipinski definition) is 0. The Bertz CT molecular complexity index is 590. The van der Waals surface area contributed by atoms with Crippen LogP contribution in [0.4, 0.5) is 0 Å². The van der Waals surface area contributed by atoms with E-state index < -0.39 is 0 Å². The van der Waals surface area contributed by atoms with Crippen molar-refractivity contribution >= 4 is 27.7 Å². The summed E-state index contributed by atoms with van der Waals surface area (Å²) in [6.45, 7) is 6.44. The molecular weight excluding hydrogens is 320 g/mol. The number of aryl methyl sites for hydroxylation is 4. The number of rotatable bonds is 4. The van der Waals surface area contributed by atoms with Crippen molar-refractivity contribution in [3.05, 3.63) is 45.2 Å². The first-order valence-electron chi connectivity index (χ1n) is 6.43. The molecule has 1 aromatic carbocycles. The number of benzene rings is 1. The lowest BCUT2D eigenvalue weighted by Crippen LogP contribution is -1.97. The van der Waals surface area contributed by atoms with E-state index in [1.54, 1.807) is 0 Å². The minimum absolute atomic E-state index is 0.937. The molecule has 2 nitrogen and oxygen atoms in total. The quantitative estimate of drug-likeness (QED) is 0.755. The molecule has 0 fully saturated rings. The number of hydrogen-bond acceptors (Lipinski definition) is 2. The normalized spacial score (nSPS) is 11.0. The Morgan fingerprint density at radius 2 is 2.00 bits per heavy atom. The molecule has 2 rings (SSSR count). The molecule has 1 heterocycles. The van der Waals surface area contributed by atoms with Gasteiger partial charge in [0.05, 0.1) is 15.9 Å². The average molecular weight is 339 g/mol. The van der Waals surface area contributed by atoms with E-state index >= 15 is 0 Å². The monoisotopic (exact) mass is 338 g/mol. The molecule has 0 saturated carbocycles. The van der Waals surface area contributed by atoms with Crippen LogP contribution in [0.3, 0.4) is 0 Å². The van der Waals surface area contributed by atoms with Crippen LogP contribution in [0.25, 0.3) is 0 Å². The standard InChI is InChI=1S/C15H19BrN2S/c1-5-13-15(16)14(18(4)17-13)9-19-12-7-6-10(2)11(3)8-12/h6-8H,5,9H2,1-4H3. The van der Waals surface area contributed by atoms with Gasteiger partial charge in [-0.15, -0.1) is 11.8 Å². The highest BCUT2D eigenvalue weighted by atomic mass is 79.9. The van der Waals surface area contributed by atoms with Crippen molar-refractivity contribution < 1.29 is 0 Å². The van der Waals surface area contributed by atoms with Crippen molar-refractivity contribution in [3.8, 4) is 0 Å². The Kier molecular flexibility index (Phi) is 4.74. The molecule has 0 unspecified atom stereocenters. The smallest absolute Gasteiger partial charge is 0.0767 e. The first-order chi connectivity index (χ1) is 9.02. The van der Waals surface area contributed by atoms with Gasteiger partial charge in [-0.05, 0) is 59.5 Å². The Labute approximate surface area is 127 Å². The van der Waals surface area contributed by atoms with Crippen LogP contribution in [0, 0.1) is 13.8 Å². The second kappa shape index (κ2) is 6.14. The fourth-order valence-corrected chi connectivity index (χ4v) is 3.93. The van der Waals surface area contributed by atoms with Crippen LogP contribution in [-0.4, -0.2) is 9.78 Å². The Hall–Kier alpha value is -0.740. The molecule has 0 aliphatic carbocycles. The van der Waals surface area contributed by atoms with Gasteiger partial charge in [-0.3, -0.25) is 4.68 Å². The fraction of sp³-hybridized carbons (Fsp3) is 0.400. The molecule has 0 aliphatic rings. The van der Waals surface area contributed by atoms with E-state index in [1.807, 2.05) is 23.5 Å². The van der Waals surface area contributed by atoms with Gasteiger partial charge in [0.25, 0.3) is 0 Å². The third-order valence-corrected chi connectivity index (χ3v) is 5.28. The van der Waals surface area contributed by atoms with E-state index in [-0.39, 0.29) is 0 Å². The topological polar surface area (TPSA) is 17.8 Å². The molecule has 19 heavy (non-hydrogen) atoms. The number of nitrogens with zero attached hydrogens (tertiary/aromatic N) is 2. The van der Waals surface area contributed by atoms with E-state index in [0.29, 0.717) is 0 Å². The average Bonchev–Trinajstić information content (AvgIpc) is 2.66. The van der Waals surface area contributed by atoms with Gasteiger partial charge in [0.15, 0.2) is 0 Å². The van der Waals surface area contributed by atoms with Crippen LogP contribution < -0.4 is 0 Å². The Balaban J connectivity index is 2.14. The highest BCUT2D eigenvalue weighted by Gasteiger charge is 2.12. The van der Waals surface area contributed by atoms with Gasteiger partial charge in [-0.2, -0.15) is 5.10 Å². The largest absolute Gasteiger partial charge is 0.270 e. The molecule has 0 atom stereocenters. The van der Waals surface area contributed by atoms with Crippen LogP contribution in [0.1, 0.15) is 29.4 Å². The molecule has 0 amide bonds. The highest BCUT2D eigenvalue weighted by molar-refractivity contribution is 9.10. The van der Waals surface area contributed by atoms with E-state index in [4.69, 9.17) is 0 Å². The maximum Gasteiger partial charge on any atom is 0.0767 e. The zero-order valence-corrected chi connectivity index (χ0v) is 14.2. The van der Waals surface area contributed by atoms with Gasteiger partial charge in [-0.25, -0.2) is 0 Å². The minimum atomic E-state index is 0.937. The summed E-state index contributed by atoms with van der Waals surface area (Å²) >= 11 is 5.52. The Morgan fingerprint density at radius 3 is 2.58 bits per heavy atom. The highest BCUT2D eigenvalue weighted by Crippen LogP contribution is 2.29. The second-order valence-electron chi connectivity index (χ2n) is 4.72. The zero-order chi connectivity index (χ0) is 14.0. The molecule has 0 radical (unpaired) electrons. The third-order valence-electron chi connectivity index (χ3n) is 3.36. The van der Waals surface area contributed by atoms with Crippen LogP contribution in [0.15, 0.2) is 27.6 Å². The van der Waals surface area contributed by atoms with Gasteiger partial charge >= 0.3 is 0 Å². The lowest BCUT2D eigenvalue weighted by atomic mass is 10.1. The maximum absolute atomic E-state index is 4.53. The van der Waals surface area contributed by atoms with Gasteiger partial charge in [0.2, 0.25) is 0 Å². The van der Waals surface area contributed by atoms with Crippen LogP contribution in [-0.2, 0) is 19.2 Å². The third kappa shape index (κ3) is 3.23. The maximum atomic E-state index is 4.53. The van der Waals surface area contributed by atoms with Crippen molar-refractivity contribution in [2.45, 2.75) is 37.8 Å². The molecule has 4 heteroatoms. The minimum Gasteiger partial charge on any atom is -0.270 e. The molecule has 2 aromatic rings. The molecule has 0 N–H and O–H groups in total. The molecule has 0 bridgehead atoms. The van der Waals surface area contributed by atoms with Crippen molar-refractivity contribution in [3.63, 3.8) is 0 Å². The van der Waals surface area contributed by atoms with Gasteiger partial charge in [0.1, 0.15) is 0 Å². The first kappa shape index (κ1) is 14.7. The Morgan fingerprint density at radius 1 is 1.26 bits per heavy atom. The summed E-state index contributed by atoms with van der Waals surface area (Å²) in [6, 6.07) is 6.64. The predicted molar refractivity (Wildman–Crippen MR) is 85.8 cm³/mol.